The number of nitrogens with zero attached hydrogens (tertiary/aromatic N) is 2. The van der Waals surface area contributed by atoms with Crippen molar-refractivity contribution < 1.29 is 19.0 Å². The molecule has 1 heterocycles. The number of methoxy groups -OCH3 is 3. The summed E-state index contributed by atoms with van der Waals surface area (Å²) in [6.45, 7) is 0.554. The monoisotopic (exact) mass is 367 g/mol. The lowest BCUT2D eigenvalue weighted by atomic mass is 10.1. The Labute approximate surface area is 157 Å². The van der Waals surface area contributed by atoms with Crippen LogP contribution in [0.15, 0.2) is 54.9 Å². The topological polar surface area (TPSA) is 74.6 Å². The molecule has 0 unspecified atom stereocenters. The van der Waals surface area contributed by atoms with Gasteiger partial charge in [0, 0.05) is 23.6 Å². The van der Waals surface area contributed by atoms with Gasteiger partial charge in [-0.25, -0.2) is 0 Å². The van der Waals surface area contributed by atoms with E-state index in [-0.39, 0.29) is 5.91 Å². The van der Waals surface area contributed by atoms with Crippen LogP contribution in [-0.4, -0.2) is 37.0 Å². The Morgan fingerprint density at radius 2 is 1.74 bits per heavy atom. The number of aromatic nitrogens is 2. The molecule has 7 heteroatoms. The third-order valence-corrected chi connectivity index (χ3v) is 4.08. The van der Waals surface area contributed by atoms with Gasteiger partial charge in [0.25, 0.3) is 5.91 Å². The van der Waals surface area contributed by atoms with E-state index in [9.17, 15) is 4.79 Å². The van der Waals surface area contributed by atoms with E-state index in [0.29, 0.717) is 35.0 Å². The molecule has 0 fully saturated rings. The lowest BCUT2D eigenvalue weighted by Gasteiger charge is -2.15. The Balaban J connectivity index is 1.88. The number of ether oxygens (including phenoxy) is 3. The average Bonchev–Trinajstić information content (AvgIpc) is 3.21. The Bertz CT molecular complexity index is 898. The third kappa shape index (κ3) is 4.03. The molecule has 0 radical (unpaired) electrons. The van der Waals surface area contributed by atoms with Crippen molar-refractivity contribution in [2.45, 2.75) is 6.54 Å². The van der Waals surface area contributed by atoms with Crippen molar-refractivity contribution in [2.24, 2.45) is 0 Å². The van der Waals surface area contributed by atoms with Crippen LogP contribution in [0.3, 0.4) is 0 Å². The Morgan fingerprint density at radius 1 is 1.04 bits per heavy atom. The van der Waals surface area contributed by atoms with Crippen molar-refractivity contribution in [3.63, 3.8) is 0 Å². The molecule has 0 atom stereocenters. The first-order valence-electron chi connectivity index (χ1n) is 8.33. The van der Waals surface area contributed by atoms with Gasteiger partial charge in [-0.1, -0.05) is 18.2 Å². The number of para-hydroxylation sites is 1. The Kier molecular flexibility index (Phi) is 5.61. The Morgan fingerprint density at radius 3 is 2.33 bits per heavy atom. The number of carbonyl (C=O) groups excluding carboxylic acids is 1. The molecule has 0 saturated heterocycles. The number of nitrogens with one attached hydrogen (secondary N) is 1. The van der Waals surface area contributed by atoms with Crippen molar-refractivity contribution in [3.05, 3.63) is 66.0 Å². The standard InChI is InChI=1S/C20H21N3O4/c1-25-17-11-15(12-18(26-2)19(17)27-3)20(24)22-16-8-5-4-7-14(16)13-23-10-6-9-21-23/h4-12H,13H2,1-3H3,(H,22,24). The van der Waals surface area contributed by atoms with Crippen molar-refractivity contribution in [1.82, 2.24) is 9.78 Å². The van der Waals surface area contributed by atoms with Gasteiger partial charge in [-0.2, -0.15) is 5.10 Å². The number of carbonyl (C=O) groups is 1. The smallest absolute Gasteiger partial charge is 0.255 e. The van der Waals surface area contributed by atoms with E-state index in [2.05, 4.69) is 10.4 Å². The van der Waals surface area contributed by atoms with Crippen LogP contribution in [0.25, 0.3) is 0 Å². The van der Waals surface area contributed by atoms with Crippen molar-refractivity contribution >= 4 is 11.6 Å². The molecular formula is C20H21N3O4. The van der Waals surface area contributed by atoms with E-state index in [1.165, 1.54) is 21.3 Å². The molecular weight excluding hydrogens is 346 g/mol. The van der Waals surface area contributed by atoms with Crippen LogP contribution in [-0.2, 0) is 6.54 Å². The summed E-state index contributed by atoms with van der Waals surface area (Å²) in [5.74, 6) is 1.01. The lowest BCUT2D eigenvalue weighted by Crippen LogP contribution is -2.15. The van der Waals surface area contributed by atoms with Crippen molar-refractivity contribution in [1.29, 1.82) is 0 Å². The molecule has 1 N–H and O–H groups in total. The van der Waals surface area contributed by atoms with Gasteiger partial charge in [-0.3, -0.25) is 9.48 Å². The summed E-state index contributed by atoms with van der Waals surface area (Å²) in [6, 6.07) is 12.7. The lowest BCUT2D eigenvalue weighted by molar-refractivity contribution is 0.102. The van der Waals surface area contributed by atoms with Gasteiger partial charge in [0.15, 0.2) is 11.5 Å². The molecule has 3 rings (SSSR count). The van der Waals surface area contributed by atoms with E-state index in [1.807, 2.05) is 36.5 Å². The second kappa shape index (κ2) is 8.27. The maximum Gasteiger partial charge on any atom is 0.255 e. The van der Waals surface area contributed by atoms with E-state index >= 15 is 0 Å². The van der Waals surface area contributed by atoms with Crippen molar-refractivity contribution in [3.8, 4) is 17.2 Å². The van der Waals surface area contributed by atoms with Crippen molar-refractivity contribution in [2.75, 3.05) is 26.6 Å². The number of rotatable bonds is 7. The van der Waals surface area contributed by atoms with Crippen LogP contribution in [0, 0.1) is 0 Å². The molecule has 0 saturated carbocycles. The highest BCUT2D eigenvalue weighted by Gasteiger charge is 2.17. The number of anilines is 1. The fourth-order valence-corrected chi connectivity index (χ4v) is 2.76. The first kappa shape index (κ1) is 18.3. The SMILES string of the molecule is COc1cc(C(=O)Nc2ccccc2Cn2cccn2)cc(OC)c1OC. The molecule has 0 aliphatic heterocycles. The van der Waals surface area contributed by atoms with Gasteiger partial charge in [0.05, 0.1) is 27.9 Å². The molecule has 7 nitrogen and oxygen atoms in total. The first-order valence-corrected chi connectivity index (χ1v) is 8.33. The second-order valence-electron chi connectivity index (χ2n) is 5.73. The summed E-state index contributed by atoms with van der Waals surface area (Å²) in [5, 5.41) is 7.16. The second-order valence-corrected chi connectivity index (χ2v) is 5.73. The largest absolute Gasteiger partial charge is 0.493 e. The Hall–Kier alpha value is -3.48. The summed E-state index contributed by atoms with van der Waals surface area (Å²) in [5.41, 5.74) is 2.06. The predicted molar refractivity (Wildman–Crippen MR) is 102 cm³/mol. The molecule has 1 aromatic heterocycles. The highest BCUT2D eigenvalue weighted by molar-refractivity contribution is 6.05. The zero-order valence-electron chi connectivity index (χ0n) is 15.4. The minimum Gasteiger partial charge on any atom is -0.493 e. The fourth-order valence-electron chi connectivity index (χ4n) is 2.76. The van der Waals surface area contributed by atoms with Crippen LogP contribution < -0.4 is 19.5 Å². The zero-order chi connectivity index (χ0) is 19.2. The van der Waals surface area contributed by atoms with E-state index in [0.717, 1.165) is 5.56 Å². The number of benzene rings is 2. The first-order chi connectivity index (χ1) is 13.2. The molecule has 0 bridgehead atoms. The van der Waals surface area contributed by atoms with Gasteiger partial charge >= 0.3 is 0 Å². The molecule has 2 aromatic carbocycles. The van der Waals surface area contributed by atoms with Gasteiger partial charge in [-0.15, -0.1) is 0 Å². The number of amides is 1. The minimum atomic E-state index is -0.276. The van der Waals surface area contributed by atoms with Crippen LogP contribution in [0.1, 0.15) is 15.9 Å². The number of hydrogen-bond acceptors (Lipinski definition) is 5. The normalized spacial score (nSPS) is 10.3. The highest BCUT2D eigenvalue weighted by atomic mass is 16.5. The van der Waals surface area contributed by atoms with Gasteiger partial charge < -0.3 is 19.5 Å². The fraction of sp³-hybridized carbons (Fsp3) is 0.200. The summed E-state index contributed by atoms with van der Waals surface area (Å²) < 4.78 is 17.7. The maximum absolute atomic E-state index is 12.8. The minimum absolute atomic E-state index is 0.276. The van der Waals surface area contributed by atoms with E-state index in [4.69, 9.17) is 14.2 Å². The van der Waals surface area contributed by atoms with Gasteiger partial charge in [0.2, 0.25) is 5.75 Å². The molecule has 27 heavy (non-hydrogen) atoms. The van der Waals surface area contributed by atoms with Crippen LogP contribution in [0.4, 0.5) is 5.69 Å². The van der Waals surface area contributed by atoms with Crippen LogP contribution >= 0.6 is 0 Å². The predicted octanol–water partition coefficient (Wildman–Crippen LogP) is 3.21. The maximum atomic E-state index is 12.8. The van der Waals surface area contributed by atoms with Gasteiger partial charge in [0.1, 0.15) is 0 Å². The molecule has 0 aliphatic carbocycles. The summed E-state index contributed by atoms with van der Waals surface area (Å²) in [6.07, 6.45) is 3.59. The molecule has 1 amide bonds. The van der Waals surface area contributed by atoms with Gasteiger partial charge in [-0.05, 0) is 29.8 Å². The average molecular weight is 367 g/mol. The summed E-state index contributed by atoms with van der Waals surface area (Å²) in [7, 11) is 4.54. The van der Waals surface area contributed by atoms with Crippen LogP contribution in [0.5, 0.6) is 17.2 Å². The summed E-state index contributed by atoms with van der Waals surface area (Å²) in [4.78, 5) is 12.8. The molecule has 0 spiro atoms. The molecule has 3 aromatic rings. The molecule has 140 valence electrons. The zero-order valence-corrected chi connectivity index (χ0v) is 15.4. The molecule has 0 aliphatic rings. The highest BCUT2D eigenvalue weighted by Crippen LogP contribution is 2.38. The quantitative estimate of drug-likeness (QED) is 0.694. The summed E-state index contributed by atoms with van der Waals surface area (Å²) >= 11 is 0. The van der Waals surface area contributed by atoms with E-state index < -0.39 is 0 Å². The number of hydrogen-bond donors (Lipinski definition) is 1. The van der Waals surface area contributed by atoms with Crippen LogP contribution in [0.2, 0.25) is 0 Å². The third-order valence-electron chi connectivity index (χ3n) is 4.08. The van der Waals surface area contributed by atoms with E-state index in [1.54, 1.807) is 23.0 Å².